The average Bonchev–Trinajstić information content (AvgIpc) is 3.17. The van der Waals surface area contributed by atoms with Crippen LogP contribution in [-0.2, 0) is 14.2 Å². The van der Waals surface area contributed by atoms with Crippen LogP contribution in [0.4, 0.5) is 0 Å². The molecule has 0 radical (unpaired) electrons. The predicted molar refractivity (Wildman–Crippen MR) is 103 cm³/mol. The minimum atomic E-state index is -0.430. The molecule has 142 valence electrons. The van der Waals surface area contributed by atoms with Gasteiger partial charge < -0.3 is 18.8 Å². The molecule has 0 amide bonds. The third-order valence-corrected chi connectivity index (χ3v) is 5.13. The van der Waals surface area contributed by atoms with Gasteiger partial charge in [-0.2, -0.15) is 5.26 Å². The van der Waals surface area contributed by atoms with Crippen molar-refractivity contribution in [2.75, 3.05) is 20.3 Å². The van der Waals surface area contributed by atoms with E-state index in [2.05, 4.69) is 12.1 Å². The molecule has 1 aliphatic carbocycles. The Balaban J connectivity index is 1.67. The number of nitrogens with zero attached hydrogens (tertiary/aromatic N) is 2. The van der Waals surface area contributed by atoms with Gasteiger partial charge in [-0.15, -0.1) is 0 Å². The first-order valence-electron chi connectivity index (χ1n) is 9.04. The van der Waals surface area contributed by atoms with E-state index in [1.807, 2.05) is 35.9 Å². The van der Waals surface area contributed by atoms with Gasteiger partial charge in [0.1, 0.15) is 24.0 Å². The number of fused-ring (bicyclic) bond motifs is 1. The van der Waals surface area contributed by atoms with Gasteiger partial charge >= 0.3 is 5.97 Å². The summed E-state index contributed by atoms with van der Waals surface area (Å²) in [4.78, 5) is 11.6. The van der Waals surface area contributed by atoms with Crippen LogP contribution in [0.15, 0.2) is 54.6 Å². The number of allylic oxidation sites excluding steroid dienone is 2. The van der Waals surface area contributed by atoms with E-state index < -0.39 is 5.60 Å². The highest BCUT2D eigenvalue weighted by molar-refractivity contribution is 5.89. The zero-order valence-corrected chi connectivity index (χ0v) is 15.8. The lowest BCUT2D eigenvalue weighted by molar-refractivity contribution is -0.102. The monoisotopic (exact) mass is 376 g/mol. The second kappa shape index (κ2) is 7.02. The van der Waals surface area contributed by atoms with Gasteiger partial charge in [-0.3, -0.25) is 0 Å². The molecule has 2 aliphatic rings. The van der Waals surface area contributed by atoms with Gasteiger partial charge in [-0.1, -0.05) is 6.08 Å². The first-order valence-corrected chi connectivity index (χ1v) is 9.04. The van der Waals surface area contributed by atoms with E-state index in [4.69, 9.17) is 14.2 Å². The van der Waals surface area contributed by atoms with Gasteiger partial charge in [0.25, 0.3) is 0 Å². The molecule has 1 aromatic carbocycles. The topological polar surface area (TPSA) is 73.5 Å². The van der Waals surface area contributed by atoms with Crippen molar-refractivity contribution in [3.63, 3.8) is 0 Å². The summed E-state index contributed by atoms with van der Waals surface area (Å²) in [6.45, 7) is 3.14. The van der Waals surface area contributed by atoms with Crippen molar-refractivity contribution < 1.29 is 19.0 Å². The third-order valence-electron chi connectivity index (χ3n) is 5.13. The predicted octanol–water partition coefficient (Wildman–Crippen LogP) is 3.61. The van der Waals surface area contributed by atoms with Crippen molar-refractivity contribution in [3.05, 3.63) is 71.3 Å². The lowest BCUT2D eigenvalue weighted by Gasteiger charge is -2.37. The molecule has 0 spiro atoms. The normalized spacial score (nSPS) is 20.9. The third kappa shape index (κ3) is 3.10. The Kier molecular flexibility index (Phi) is 4.54. The van der Waals surface area contributed by atoms with Crippen LogP contribution < -0.4 is 0 Å². The summed E-state index contributed by atoms with van der Waals surface area (Å²) in [5.41, 5.74) is 3.25. The zero-order chi connectivity index (χ0) is 19.7. The van der Waals surface area contributed by atoms with Crippen LogP contribution in [0.2, 0.25) is 0 Å². The van der Waals surface area contributed by atoms with E-state index >= 15 is 0 Å². The second-order valence-corrected chi connectivity index (χ2v) is 6.94. The van der Waals surface area contributed by atoms with Crippen LogP contribution in [0.1, 0.15) is 34.8 Å². The summed E-state index contributed by atoms with van der Waals surface area (Å²) in [7, 11) is 1.35. The van der Waals surface area contributed by atoms with Crippen molar-refractivity contribution >= 4 is 11.5 Å². The lowest BCUT2D eigenvalue weighted by Crippen LogP contribution is -2.39. The fourth-order valence-electron chi connectivity index (χ4n) is 3.50. The molecule has 1 aromatic heterocycles. The smallest absolute Gasteiger partial charge is 0.337 e. The minimum Gasteiger partial charge on any atom is -0.492 e. The molecule has 6 heteroatoms. The van der Waals surface area contributed by atoms with Gasteiger partial charge in [0.2, 0.25) is 0 Å². The van der Waals surface area contributed by atoms with Gasteiger partial charge in [0.15, 0.2) is 0 Å². The number of esters is 1. The molecule has 1 aliphatic heterocycles. The van der Waals surface area contributed by atoms with Crippen LogP contribution in [0.25, 0.3) is 11.3 Å². The molecule has 0 saturated carbocycles. The summed E-state index contributed by atoms with van der Waals surface area (Å²) in [5.74, 6) is 0.421. The number of nitriles is 1. The van der Waals surface area contributed by atoms with Crippen LogP contribution in [0.3, 0.4) is 0 Å². The van der Waals surface area contributed by atoms with Crippen molar-refractivity contribution in [2.45, 2.75) is 18.9 Å². The Bertz CT molecular complexity index is 1020. The maximum Gasteiger partial charge on any atom is 0.337 e. The van der Waals surface area contributed by atoms with Crippen LogP contribution in [-0.4, -0.2) is 36.5 Å². The van der Waals surface area contributed by atoms with Crippen LogP contribution in [0, 0.1) is 11.3 Å². The molecule has 1 saturated heterocycles. The quantitative estimate of drug-likeness (QED) is 0.765. The first-order chi connectivity index (χ1) is 13.5. The van der Waals surface area contributed by atoms with E-state index in [0.29, 0.717) is 30.8 Å². The molecule has 0 N–H and O–H groups in total. The fourth-order valence-corrected chi connectivity index (χ4v) is 3.50. The van der Waals surface area contributed by atoms with Crippen LogP contribution in [0.5, 0.6) is 0 Å². The number of rotatable bonds is 3. The summed E-state index contributed by atoms with van der Waals surface area (Å²) in [6.07, 6.45) is 8.44. The molecular formula is C22H20N2O4. The molecule has 1 unspecified atom stereocenters. The summed E-state index contributed by atoms with van der Waals surface area (Å²) in [6, 6.07) is 9.31. The lowest BCUT2D eigenvalue weighted by atomic mass is 9.88. The highest BCUT2D eigenvalue weighted by Gasteiger charge is 2.36. The summed E-state index contributed by atoms with van der Waals surface area (Å²) < 4.78 is 18.3. The molecule has 1 atom stereocenters. The van der Waals surface area contributed by atoms with E-state index in [1.165, 1.54) is 7.11 Å². The van der Waals surface area contributed by atoms with Gasteiger partial charge in [0, 0.05) is 30.1 Å². The first kappa shape index (κ1) is 18.1. The average molecular weight is 376 g/mol. The number of benzene rings is 1. The molecule has 1 fully saturated rings. The van der Waals surface area contributed by atoms with Gasteiger partial charge in [0.05, 0.1) is 24.8 Å². The fraction of sp³-hybridized carbons (Fsp3) is 0.273. The minimum absolute atomic E-state index is 0.380. The van der Waals surface area contributed by atoms with E-state index in [9.17, 15) is 10.1 Å². The van der Waals surface area contributed by atoms with Crippen molar-refractivity contribution in [3.8, 4) is 11.8 Å². The standard InChI is InChI=1S/C22H20N2O4/c1-22-8-7-16(11-20(22)27-9-10-28-22)19-14-24(13-17(19)12-23)18-5-3-15(4-6-18)21(25)26-2/h3-7,11,13-14H,8-10H2,1-2H3. The van der Waals surface area contributed by atoms with E-state index in [1.54, 1.807) is 18.3 Å². The zero-order valence-electron chi connectivity index (χ0n) is 15.8. The highest BCUT2D eigenvalue weighted by Crippen LogP contribution is 2.38. The summed E-state index contributed by atoms with van der Waals surface area (Å²) >= 11 is 0. The van der Waals surface area contributed by atoms with Gasteiger partial charge in [-0.05, 0) is 42.8 Å². The van der Waals surface area contributed by atoms with Crippen molar-refractivity contribution in [1.82, 2.24) is 4.57 Å². The Labute approximate surface area is 163 Å². The Morgan fingerprint density at radius 2 is 2.04 bits per heavy atom. The molecule has 2 heterocycles. The summed E-state index contributed by atoms with van der Waals surface area (Å²) in [5, 5.41) is 9.61. The molecule has 6 nitrogen and oxygen atoms in total. The Hall–Kier alpha value is -3.30. The maximum atomic E-state index is 11.6. The number of ether oxygens (including phenoxy) is 3. The number of carbonyl (C=O) groups excluding carboxylic acids is 1. The van der Waals surface area contributed by atoms with E-state index in [0.717, 1.165) is 22.6 Å². The number of aromatic nitrogens is 1. The van der Waals surface area contributed by atoms with Crippen molar-refractivity contribution in [2.24, 2.45) is 0 Å². The SMILES string of the molecule is COC(=O)c1ccc(-n2cc(C#N)c(C3=CCC4(C)OCCOC4=C3)c2)cc1. The van der Waals surface area contributed by atoms with Crippen LogP contribution >= 0.6 is 0 Å². The molecule has 0 bridgehead atoms. The number of hydrogen-bond acceptors (Lipinski definition) is 5. The number of hydrogen-bond donors (Lipinski definition) is 0. The molecular weight excluding hydrogens is 356 g/mol. The number of methoxy groups -OCH3 is 1. The Morgan fingerprint density at radius 3 is 2.75 bits per heavy atom. The maximum absolute atomic E-state index is 11.6. The van der Waals surface area contributed by atoms with E-state index in [-0.39, 0.29) is 5.97 Å². The largest absolute Gasteiger partial charge is 0.492 e. The Morgan fingerprint density at radius 1 is 1.25 bits per heavy atom. The number of carbonyl (C=O) groups is 1. The van der Waals surface area contributed by atoms with Crippen molar-refractivity contribution in [1.29, 1.82) is 5.26 Å². The molecule has 2 aromatic rings. The highest BCUT2D eigenvalue weighted by atomic mass is 16.6. The second-order valence-electron chi connectivity index (χ2n) is 6.94. The molecule has 4 rings (SSSR count). The molecule has 28 heavy (non-hydrogen) atoms. The van der Waals surface area contributed by atoms with Gasteiger partial charge in [-0.25, -0.2) is 4.79 Å².